The first-order valence-electron chi connectivity index (χ1n) is 8.15. The summed E-state index contributed by atoms with van der Waals surface area (Å²) in [6.07, 6.45) is 7.31. The molecule has 0 bridgehead atoms. The Morgan fingerprint density at radius 3 is 2.86 bits per heavy atom. The van der Waals surface area contributed by atoms with Gasteiger partial charge in [-0.25, -0.2) is 0 Å². The van der Waals surface area contributed by atoms with Gasteiger partial charge in [0.15, 0.2) is 0 Å². The fourth-order valence-electron chi connectivity index (χ4n) is 2.60. The predicted octanol–water partition coefficient (Wildman–Crippen LogP) is 2.97. The Morgan fingerprint density at radius 1 is 1.29 bits per heavy atom. The van der Waals surface area contributed by atoms with Crippen molar-refractivity contribution in [3.8, 4) is 5.75 Å². The van der Waals surface area contributed by atoms with Crippen molar-refractivity contribution in [3.05, 3.63) is 42.5 Å². The lowest BCUT2D eigenvalue weighted by Gasteiger charge is -2.20. The van der Waals surface area contributed by atoms with Crippen LogP contribution in [0.1, 0.15) is 31.2 Å². The number of nitrogens with zero attached hydrogens (tertiary/aromatic N) is 1. The van der Waals surface area contributed by atoms with Gasteiger partial charge in [-0.1, -0.05) is 18.2 Å². The first-order valence-corrected chi connectivity index (χ1v) is 8.15. The average Bonchev–Trinajstić information content (AvgIpc) is 3.39. The molecule has 0 saturated heterocycles. The highest BCUT2D eigenvalue weighted by molar-refractivity contribution is 5.28. The molecule has 0 aromatic heterocycles. The molecule has 21 heavy (non-hydrogen) atoms. The minimum absolute atomic E-state index is 0.751. The third-order valence-electron chi connectivity index (χ3n) is 4.14. The van der Waals surface area contributed by atoms with E-state index < -0.39 is 0 Å². The molecular formula is C18H26N2O. The summed E-state index contributed by atoms with van der Waals surface area (Å²) in [5.74, 6) is 0.986. The fourth-order valence-corrected chi connectivity index (χ4v) is 2.60. The van der Waals surface area contributed by atoms with Crippen LogP contribution in [0.25, 0.3) is 0 Å². The number of nitrogens with one attached hydrogen (secondary N) is 1. The van der Waals surface area contributed by atoms with Crippen LogP contribution in [0.15, 0.2) is 36.9 Å². The molecule has 2 fully saturated rings. The van der Waals surface area contributed by atoms with Crippen molar-refractivity contribution in [3.63, 3.8) is 0 Å². The predicted molar refractivity (Wildman–Crippen MR) is 86.6 cm³/mol. The smallest absolute Gasteiger partial charge is 0.119 e. The lowest BCUT2D eigenvalue weighted by Crippen LogP contribution is -2.30. The van der Waals surface area contributed by atoms with E-state index >= 15 is 0 Å². The van der Waals surface area contributed by atoms with Crippen molar-refractivity contribution in [1.82, 2.24) is 10.2 Å². The second-order valence-electron chi connectivity index (χ2n) is 6.17. The van der Waals surface area contributed by atoms with Crippen LogP contribution >= 0.6 is 0 Å². The molecule has 3 nitrogen and oxygen atoms in total. The molecule has 114 valence electrons. The number of hydrogen-bond donors (Lipinski definition) is 1. The highest BCUT2D eigenvalue weighted by atomic mass is 16.5. The number of ether oxygens (including phenoxy) is 1. The van der Waals surface area contributed by atoms with Gasteiger partial charge in [0.25, 0.3) is 0 Å². The van der Waals surface area contributed by atoms with Crippen LogP contribution in [0.2, 0.25) is 0 Å². The normalized spacial score (nSPS) is 18.0. The molecule has 1 aromatic rings. The van der Waals surface area contributed by atoms with Crippen LogP contribution in [0.4, 0.5) is 0 Å². The molecule has 0 unspecified atom stereocenters. The van der Waals surface area contributed by atoms with Crippen LogP contribution in [-0.4, -0.2) is 36.7 Å². The van der Waals surface area contributed by atoms with Crippen molar-refractivity contribution in [2.45, 2.75) is 44.3 Å². The zero-order chi connectivity index (χ0) is 14.5. The standard InChI is InChI=1S/C18H26N2O/c1-2-10-20(17-8-9-17)11-12-21-18-5-3-4-15(13-18)14-19-16-6-7-16/h2-5,13,16-17,19H,1,6-12,14H2. The Bertz CT molecular complexity index is 466. The molecule has 0 atom stereocenters. The van der Waals surface area contributed by atoms with Crippen molar-refractivity contribution in [2.75, 3.05) is 19.7 Å². The zero-order valence-corrected chi connectivity index (χ0v) is 12.8. The lowest BCUT2D eigenvalue weighted by molar-refractivity contribution is 0.216. The molecule has 0 spiro atoms. The lowest BCUT2D eigenvalue weighted by atomic mass is 10.2. The van der Waals surface area contributed by atoms with E-state index in [-0.39, 0.29) is 0 Å². The summed E-state index contributed by atoms with van der Waals surface area (Å²) in [7, 11) is 0. The molecule has 2 aliphatic carbocycles. The topological polar surface area (TPSA) is 24.5 Å². The molecule has 1 N–H and O–H groups in total. The Balaban J connectivity index is 1.43. The van der Waals surface area contributed by atoms with Gasteiger partial charge < -0.3 is 10.1 Å². The largest absolute Gasteiger partial charge is 0.492 e. The van der Waals surface area contributed by atoms with Crippen LogP contribution < -0.4 is 10.1 Å². The van der Waals surface area contributed by atoms with Gasteiger partial charge >= 0.3 is 0 Å². The summed E-state index contributed by atoms with van der Waals surface area (Å²) in [6, 6.07) is 9.97. The Hall–Kier alpha value is -1.32. The van der Waals surface area contributed by atoms with Crippen molar-refractivity contribution >= 4 is 0 Å². The SMILES string of the molecule is C=CCN(CCOc1cccc(CNC2CC2)c1)C1CC1. The molecular weight excluding hydrogens is 260 g/mol. The van der Waals surface area contributed by atoms with Crippen molar-refractivity contribution in [2.24, 2.45) is 0 Å². The second kappa shape index (κ2) is 7.10. The Morgan fingerprint density at radius 2 is 2.14 bits per heavy atom. The quantitative estimate of drug-likeness (QED) is 0.669. The minimum atomic E-state index is 0.751. The van der Waals surface area contributed by atoms with E-state index in [2.05, 4.69) is 41.1 Å². The maximum atomic E-state index is 5.92. The minimum Gasteiger partial charge on any atom is -0.492 e. The number of hydrogen-bond acceptors (Lipinski definition) is 3. The molecule has 3 rings (SSSR count). The first kappa shape index (κ1) is 14.6. The van der Waals surface area contributed by atoms with Gasteiger partial charge in [-0.3, -0.25) is 4.90 Å². The summed E-state index contributed by atoms with van der Waals surface area (Å²) in [5.41, 5.74) is 1.31. The molecule has 0 radical (unpaired) electrons. The van der Waals surface area contributed by atoms with Crippen LogP contribution in [0, 0.1) is 0 Å². The third-order valence-corrected chi connectivity index (χ3v) is 4.14. The van der Waals surface area contributed by atoms with Crippen LogP contribution in [-0.2, 0) is 6.54 Å². The first-order chi connectivity index (χ1) is 10.3. The van der Waals surface area contributed by atoms with Gasteiger partial charge in [-0.15, -0.1) is 6.58 Å². The van der Waals surface area contributed by atoms with Gasteiger partial charge in [0.1, 0.15) is 12.4 Å². The molecule has 2 aliphatic rings. The molecule has 0 heterocycles. The monoisotopic (exact) mass is 286 g/mol. The van der Waals surface area contributed by atoms with Crippen LogP contribution in [0.5, 0.6) is 5.75 Å². The molecule has 1 aromatic carbocycles. The number of rotatable bonds is 10. The summed E-state index contributed by atoms with van der Waals surface area (Å²) >= 11 is 0. The Kier molecular flexibility index (Phi) is 4.94. The van der Waals surface area contributed by atoms with Crippen LogP contribution in [0.3, 0.4) is 0 Å². The van der Waals surface area contributed by atoms with E-state index in [0.29, 0.717) is 0 Å². The average molecular weight is 286 g/mol. The van der Waals surface area contributed by atoms with Gasteiger partial charge in [-0.05, 0) is 43.4 Å². The van der Waals surface area contributed by atoms with E-state index in [1.807, 2.05) is 6.08 Å². The van der Waals surface area contributed by atoms with Gasteiger partial charge in [0.2, 0.25) is 0 Å². The molecule has 3 heteroatoms. The maximum Gasteiger partial charge on any atom is 0.119 e. The maximum absolute atomic E-state index is 5.92. The highest BCUT2D eigenvalue weighted by Crippen LogP contribution is 2.26. The Labute approximate surface area is 128 Å². The second-order valence-corrected chi connectivity index (χ2v) is 6.17. The van der Waals surface area contributed by atoms with E-state index in [9.17, 15) is 0 Å². The molecule has 0 aliphatic heterocycles. The zero-order valence-electron chi connectivity index (χ0n) is 12.8. The van der Waals surface area contributed by atoms with E-state index in [0.717, 1.165) is 44.1 Å². The summed E-state index contributed by atoms with van der Waals surface area (Å²) in [6.45, 7) is 7.50. The van der Waals surface area contributed by atoms with E-state index in [1.165, 1.54) is 31.2 Å². The summed E-state index contributed by atoms with van der Waals surface area (Å²) in [4.78, 5) is 2.46. The van der Waals surface area contributed by atoms with Gasteiger partial charge in [0.05, 0.1) is 0 Å². The van der Waals surface area contributed by atoms with Crippen molar-refractivity contribution < 1.29 is 4.74 Å². The van der Waals surface area contributed by atoms with Gasteiger partial charge in [0, 0.05) is 31.7 Å². The molecule has 2 saturated carbocycles. The fraction of sp³-hybridized carbons (Fsp3) is 0.556. The summed E-state index contributed by atoms with van der Waals surface area (Å²) < 4.78 is 5.92. The highest BCUT2D eigenvalue weighted by Gasteiger charge is 2.27. The van der Waals surface area contributed by atoms with Gasteiger partial charge in [-0.2, -0.15) is 0 Å². The van der Waals surface area contributed by atoms with Crippen molar-refractivity contribution in [1.29, 1.82) is 0 Å². The molecule has 0 amide bonds. The van der Waals surface area contributed by atoms with E-state index in [4.69, 9.17) is 4.74 Å². The number of benzene rings is 1. The summed E-state index contributed by atoms with van der Waals surface area (Å²) in [5, 5.41) is 3.54. The third kappa shape index (κ3) is 4.87. The van der Waals surface area contributed by atoms with E-state index in [1.54, 1.807) is 0 Å².